The predicted octanol–water partition coefficient (Wildman–Crippen LogP) is 0.479. The number of aromatic nitrogens is 2. The Morgan fingerprint density at radius 2 is 2.07 bits per heavy atom. The van der Waals surface area contributed by atoms with E-state index < -0.39 is 30.2 Å². The molecule has 0 aliphatic heterocycles. The highest BCUT2D eigenvalue weighted by atomic mass is 19.4. The van der Waals surface area contributed by atoms with E-state index in [9.17, 15) is 22.5 Å². The van der Waals surface area contributed by atoms with Crippen LogP contribution in [0.5, 0.6) is 0 Å². The zero-order valence-electron chi connectivity index (χ0n) is 7.54. The van der Waals surface area contributed by atoms with E-state index in [0.717, 1.165) is 16.8 Å². The molecule has 82 valence electrons. The maximum atomic E-state index is 12.1. The minimum Gasteiger partial charge on any atom is -0.445 e. The number of aromatic amines is 1. The molecule has 0 saturated carbocycles. The fraction of sp³-hybridized carbons (Fsp3) is 0.143. The normalized spacial score (nSPS) is 11.4. The number of allylic oxidation sites excluding steroid dienone is 1. The molecule has 8 heteroatoms. The van der Waals surface area contributed by atoms with Crippen molar-refractivity contribution in [3.8, 4) is 0 Å². The quantitative estimate of drug-likeness (QED) is 0.751. The molecule has 0 aliphatic rings. The minimum atomic E-state index is -5.17. The van der Waals surface area contributed by atoms with Gasteiger partial charge in [0.15, 0.2) is 0 Å². The second-order valence-corrected chi connectivity index (χ2v) is 2.97. The Hall–Kier alpha value is -1.73. The van der Waals surface area contributed by atoms with Crippen molar-refractivity contribution in [1.29, 1.82) is 0 Å². The van der Waals surface area contributed by atoms with Gasteiger partial charge in [0.2, 0.25) is 0 Å². The molecule has 0 fully saturated rings. The van der Waals surface area contributed by atoms with Crippen molar-refractivity contribution in [3.05, 3.63) is 45.2 Å². The van der Waals surface area contributed by atoms with E-state index in [1.165, 1.54) is 0 Å². The highest BCUT2D eigenvalue weighted by molar-refractivity contribution is 6.66. The van der Waals surface area contributed by atoms with Crippen LogP contribution >= 0.6 is 0 Å². The summed E-state index contributed by atoms with van der Waals surface area (Å²) in [6, 6.07) is 0.970. The van der Waals surface area contributed by atoms with Gasteiger partial charge in [-0.25, -0.2) is 4.79 Å². The van der Waals surface area contributed by atoms with Gasteiger partial charge in [0.1, 0.15) is 0 Å². The molecular weight excluding hydrogens is 212 g/mol. The first-order valence-corrected chi connectivity index (χ1v) is 3.98. The lowest BCUT2D eigenvalue weighted by molar-refractivity contribution is 0.481. The smallest absolute Gasteiger partial charge is 0.445 e. The molecular formula is C7H7BF3N2O2-. The van der Waals surface area contributed by atoms with Crippen LogP contribution in [0, 0.1) is 0 Å². The van der Waals surface area contributed by atoms with E-state index in [0.29, 0.717) is 0 Å². The maximum Gasteiger partial charge on any atom is 0.506 e. The molecule has 0 aliphatic carbocycles. The van der Waals surface area contributed by atoms with Crippen molar-refractivity contribution in [3.63, 3.8) is 0 Å². The van der Waals surface area contributed by atoms with Crippen molar-refractivity contribution >= 4 is 6.98 Å². The van der Waals surface area contributed by atoms with Crippen LogP contribution < -0.4 is 11.2 Å². The molecule has 0 saturated heterocycles. The summed E-state index contributed by atoms with van der Waals surface area (Å²) in [4.78, 5) is 23.5. The van der Waals surface area contributed by atoms with Crippen LogP contribution in [0.4, 0.5) is 12.9 Å². The number of H-pyrrole nitrogens is 1. The van der Waals surface area contributed by atoms with E-state index in [2.05, 4.69) is 6.58 Å². The Morgan fingerprint density at radius 1 is 1.47 bits per heavy atom. The Morgan fingerprint density at radius 3 is 2.53 bits per heavy atom. The third kappa shape index (κ3) is 2.86. The molecule has 15 heavy (non-hydrogen) atoms. The van der Waals surface area contributed by atoms with Gasteiger partial charge in [0.25, 0.3) is 5.56 Å². The van der Waals surface area contributed by atoms with E-state index in [-0.39, 0.29) is 0 Å². The van der Waals surface area contributed by atoms with E-state index in [1.807, 2.05) is 4.98 Å². The summed E-state index contributed by atoms with van der Waals surface area (Å²) < 4.78 is 37.1. The van der Waals surface area contributed by atoms with Crippen LogP contribution in [-0.4, -0.2) is 16.5 Å². The Balaban J connectivity index is 2.97. The lowest BCUT2D eigenvalue weighted by Crippen LogP contribution is -2.32. The van der Waals surface area contributed by atoms with Crippen LogP contribution in [0.25, 0.3) is 0 Å². The van der Waals surface area contributed by atoms with Gasteiger partial charge in [-0.05, 0) is 0 Å². The largest absolute Gasteiger partial charge is 0.506 e. The van der Waals surface area contributed by atoms with Crippen molar-refractivity contribution in [2.45, 2.75) is 6.54 Å². The highest BCUT2D eigenvalue weighted by Gasteiger charge is 2.26. The standard InChI is InChI=1S/C7H7BF3N2O2/c1-5(8(9,10)11)4-13-3-2-6(14)12-7(13)15/h2-3H,1,4H2,(H,12,14,15)/q-1. The molecule has 1 rings (SSSR count). The molecule has 4 nitrogen and oxygen atoms in total. The minimum absolute atomic E-state index is 0.653. The third-order valence-corrected chi connectivity index (χ3v) is 1.73. The number of hydrogen-bond acceptors (Lipinski definition) is 2. The van der Waals surface area contributed by atoms with Gasteiger partial charge in [-0.3, -0.25) is 14.3 Å². The SMILES string of the molecule is C=C(Cn1ccc(=O)[nH]c1=O)[B-](F)(F)F. The van der Waals surface area contributed by atoms with Gasteiger partial charge in [-0.2, -0.15) is 0 Å². The van der Waals surface area contributed by atoms with Gasteiger partial charge in [-0.1, -0.05) is 0 Å². The summed E-state index contributed by atoms with van der Waals surface area (Å²) >= 11 is 0. The summed E-state index contributed by atoms with van der Waals surface area (Å²) in [6.45, 7) is -3.00. The van der Waals surface area contributed by atoms with E-state index in [4.69, 9.17) is 0 Å². The number of rotatable bonds is 3. The van der Waals surface area contributed by atoms with Crippen molar-refractivity contribution in [1.82, 2.24) is 9.55 Å². The van der Waals surface area contributed by atoms with Crippen molar-refractivity contribution in [2.24, 2.45) is 0 Å². The number of nitrogens with one attached hydrogen (secondary N) is 1. The van der Waals surface area contributed by atoms with Crippen molar-refractivity contribution < 1.29 is 12.9 Å². The molecule has 1 aromatic heterocycles. The van der Waals surface area contributed by atoms with Gasteiger partial charge >= 0.3 is 12.7 Å². The summed E-state index contributed by atoms with van der Waals surface area (Å²) in [7, 11) is 0. The molecule has 0 unspecified atom stereocenters. The molecule has 1 heterocycles. The molecule has 0 bridgehead atoms. The average molecular weight is 219 g/mol. The van der Waals surface area contributed by atoms with Gasteiger partial charge in [0, 0.05) is 18.8 Å². The highest BCUT2D eigenvalue weighted by Crippen LogP contribution is 2.18. The van der Waals surface area contributed by atoms with Crippen LogP contribution in [0.3, 0.4) is 0 Å². The summed E-state index contributed by atoms with van der Waals surface area (Å²) in [6.07, 6.45) is 0.994. The topological polar surface area (TPSA) is 54.9 Å². The maximum absolute atomic E-state index is 12.1. The summed E-state index contributed by atoms with van der Waals surface area (Å²) in [5, 5.41) is 0. The fourth-order valence-corrected chi connectivity index (χ4v) is 0.891. The zero-order valence-corrected chi connectivity index (χ0v) is 7.54. The molecule has 1 N–H and O–H groups in total. The average Bonchev–Trinajstić information content (AvgIpc) is 2.08. The third-order valence-electron chi connectivity index (χ3n) is 1.73. The second-order valence-electron chi connectivity index (χ2n) is 2.97. The fourth-order valence-electron chi connectivity index (χ4n) is 0.891. The molecule has 0 atom stereocenters. The van der Waals surface area contributed by atoms with Gasteiger partial charge < -0.3 is 12.9 Å². The van der Waals surface area contributed by atoms with E-state index in [1.54, 1.807) is 0 Å². The predicted molar refractivity (Wildman–Crippen MR) is 49.5 cm³/mol. The first kappa shape index (κ1) is 11.4. The summed E-state index contributed by atoms with van der Waals surface area (Å²) in [5.41, 5.74) is -2.53. The number of nitrogens with zero attached hydrogens (tertiary/aromatic N) is 1. The number of halogens is 3. The lowest BCUT2D eigenvalue weighted by Gasteiger charge is -2.18. The second kappa shape index (κ2) is 3.80. The number of hydrogen-bond donors (Lipinski definition) is 1. The van der Waals surface area contributed by atoms with Crippen LogP contribution in [0.1, 0.15) is 0 Å². The first-order chi connectivity index (χ1) is 6.80. The first-order valence-electron chi connectivity index (χ1n) is 3.98. The van der Waals surface area contributed by atoms with Crippen LogP contribution in [0.15, 0.2) is 33.9 Å². The lowest BCUT2D eigenvalue weighted by atomic mass is 9.80. The monoisotopic (exact) mass is 219 g/mol. The zero-order chi connectivity index (χ0) is 11.6. The van der Waals surface area contributed by atoms with Crippen LogP contribution in [0.2, 0.25) is 0 Å². The van der Waals surface area contributed by atoms with E-state index >= 15 is 0 Å². The molecule has 0 radical (unpaired) electrons. The van der Waals surface area contributed by atoms with Gasteiger partial charge in [0.05, 0.1) is 0 Å². The summed E-state index contributed by atoms with van der Waals surface area (Å²) in [5.74, 6) is 0. The molecule has 0 aromatic carbocycles. The Labute approximate surface area is 82.1 Å². The Bertz CT molecular complexity index is 488. The van der Waals surface area contributed by atoms with Crippen molar-refractivity contribution in [2.75, 3.05) is 0 Å². The molecule has 1 aromatic rings. The Kier molecular flexibility index (Phi) is 2.87. The molecule has 0 amide bonds. The van der Waals surface area contributed by atoms with Gasteiger partial charge in [-0.15, -0.1) is 12.1 Å². The van der Waals surface area contributed by atoms with Crippen LogP contribution in [-0.2, 0) is 6.54 Å². The molecule has 0 spiro atoms.